The van der Waals surface area contributed by atoms with E-state index in [9.17, 15) is 22.4 Å². The van der Waals surface area contributed by atoms with E-state index < -0.39 is 35.4 Å². The number of hydrogen-bond donors (Lipinski definition) is 2. The van der Waals surface area contributed by atoms with Gasteiger partial charge in [-0.3, -0.25) is 10.1 Å². The minimum atomic E-state index is -4.22. The van der Waals surface area contributed by atoms with Gasteiger partial charge >= 0.3 is 6.18 Å². The number of methoxy groups -OCH3 is 1. The van der Waals surface area contributed by atoms with Crippen molar-refractivity contribution in [3.8, 4) is 0 Å². The number of likely N-dealkylation sites (tertiary alicyclic amines) is 1. The van der Waals surface area contributed by atoms with Crippen LogP contribution in [0.1, 0.15) is 63.2 Å². The molecule has 39 heavy (non-hydrogen) atoms. The fourth-order valence-electron chi connectivity index (χ4n) is 6.63. The van der Waals surface area contributed by atoms with Crippen LogP contribution in [0.3, 0.4) is 0 Å². The molecule has 0 radical (unpaired) electrons. The smallest absolute Gasteiger partial charge is 0.383 e. The summed E-state index contributed by atoms with van der Waals surface area (Å²) in [6, 6.07) is 3.56. The fourth-order valence-corrected chi connectivity index (χ4v) is 6.75. The molecule has 1 aliphatic heterocycles. The number of fused-ring (bicyclic) bond motifs is 1. The number of rotatable bonds is 6. The number of guanidine groups is 1. The van der Waals surface area contributed by atoms with Gasteiger partial charge in [0, 0.05) is 30.0 Å². The van der Waals surface area contributed by atoms with E-state index in [0.717, 1.165) is 19.0 Å². The minimum absolute atomic E-state index is 0.0541. The summed E-state index contributed by atoms with van der Waals surface area (Å²) in [6.07, 6.45) is -2.54. The van der Waals surface area contributed by atoms with Crippen LogP contribution in [0.15, 0.2) is 23.2 Å². The third-order valence-corrected chi connectivity index (χ3v) is 8.94. The number of benzene rings is 1. The zero-order valence-electron chi connectivity index (χ0n) is 23.7. The van der Waals surface area contributed by atoms with E-state index in [1.807, 2.05) is 6.92 Å². The first kappa shape index (κ1) is 31.6. The second kappa shape index (κ2) is 12.3. The number of aliphatic imine (C=N–C) groups is 1. The maximum absolute atomic E-state index is 14.1. The Labute approximate surface area is 234 Å². The lowest BCUT2D eigenvalue weighted by molar-refractivity contribution is -0.923. The molecule has 11 heteroatoms. The molecular weight excluding hydrogens is 536 g/mol. The molecule has 220 valence electrons. The number of amides is 1. The maximum atomic E-state index is 14.1. The van der Waals surface area contributed by atoms with Crippen LogP contribution >= 0.6 is 11.6 Å². The number of quaternary nitrogens is 1. The Hall–Kier alpha value is -1.91. The topological polar surface area (TPSA) is 62.7 Å². The normalized spacial score (nSPS) is 30.2. The minimum Gasteiger partial charge on any atom is -0.383 e. The largest absolute Gasteiger partial charge is 0.391 e. The summed E-state index contributed by atoms with van der Waals surface area (Å²) in [4.78, 5) is 18.2. The zero-order chi connectivity index (χ0) is 29.2. The molecule has 1 aromatic rings. The molecule has 1 aliphatic carbocycles. The van der Waals surface area contributed by atoms with E-state index in [-0.39, 0.29) is 47.3 Å². The molecule has 3 rings (SSSR count). The molecule has 1 saturated heterocycles. The van der Waals surface area contributed by atoms with E-state index in [1.54, 1.807) is 7.11 Å². The fraction of sp³-hybridized carbons (Fsp3) is 0.714. The summed E-state index contributed by atoms with van der Waals surface area (Å²) in [5.74, 6) is -2.34. The van der Waals surface area contributed by atoms with Crippen LogP contribution in [0.25, 0.3) is 0 Å². The first-order valence-corrected chi connectivity index (χ1v) is 14.0. The average molecular weight is 578 g/mol. The molecule has 0 bridgehead atoms. The van der Waals surface area contributed by atoms with Gasteiger partial charge in [0.1, 0.15) is 5.82 Å². The number of carbonyl (C=O) groups excluding carboxylic acids is 1. The Morgan fingerprint density at radius 3 is 2.59 bits per heavy atom. The van der Waals surface area contributed by atoms with E-state index >= 15 is 0 Å². The van der Waals surface area contributed by atoms with Crippen LogP contribution in [-0.4, -0.2) is 69.1 Å². The molecule has 6 unspecified atom stereocenters. The van der Waals surface area contributed by atoms with Crippen LogP contribution in [0.5, 0.6) is 0 Å². The summed E-state index contributed by atoms with van der Waals surface area (Å²) in [6.45, 7) is 7.10. The molecule has 2 N–H and O–H groups in total. The number of nitrogens with zero attached hydrogens (tertiary/aromatic N) is 2. The van der Waals surface area contributed by atoms with Crippen molar-refractivity contribution in [3.05, 3.63) is 34.6 Å². The molecule has 2 aliphatic rings. The van der Waals surface area contributed by atoms with Gasteiger partial charge in [0.25, 0.3) is 5.91 Å². The van der Waals surface area contributed by atoms with Gasteiger partial charge in [-0.15, -0.1) is 0 Å². The molecular formula is C28H42ClF4N4O2+. The number of carbonyl (C=O) groups is 1. The van der Waals surface area contributed by atoms with Crippen LogP contribution in [-0.2, 0) is 4.74 Å². The van der Waals surface area contributed by atoms with Gasteiger partial charge < -0.3 is 14.5 Å². The number of hydrogen-bond acceptors (Lipinski definition) is 3. The third kappa shape index (κ3) is 7.44. The Morgan fingerprint density at radius 2 is 2.00 bits per heavy atom. The van der Waals surface area contributed by atoms with E-state index in [2.05, 4.69) is 38.6 Å². The monoisotopic (exact) mass is 577 g/mol. The molecule has 1 saturated carbocycles. The highest BCUT2D eigenvalue weighted by Crippen LogP contribution is 2.55. The lowest BCUT2D eigenvalue weighted by Crippen LogP contribution is -2.59. The van der Waals surface area contributed by atoms with Gasteiger partial charge in [0.2, 0.25) is 5.96 Å². The summed E-state index contributed by atoms with van der Waals surface area (Å²) < 4.78 is 61.2. The predicted octanol–water partition coefficient (Wildman–Crippen LogP) is 6.01. The molecule has 1 aromatic carbocycles. The van der Waals surface area contributed by atoms with Crippen molar-refractivity contribution in [2.75, 3.05) is 34.4 Å². The van der Waals surface area contributed by atoms with Gasteiger partial charge in [-0.2, -0.15) is 18.2 Å². The van der Waals surface area contributed by atoms with Crippen LogP contribution in [0.2, 0.25) is 5.02 Å². The second-order valence-electron chi connectivity index (χ2n) is 12.1. The first-order valence-electron chi connectivity index (χ1n) is 13.6. The molecule has 0 aromatic heterocycles. The van der Waals surface area contributed by atoms with Crippen LogP contribution in [0.4, 0.5) is 17.6 Å². The van der Waals surface area contributed by atoms with Crippen molar-refractivity contribution >= 4 is 23.5 Å². The van der Waals surface area contributed by atoms with Gasteiger partial charge in [-0.05, 0) is 63.1 Å². The molecule has 2 fully saturated rings. The number of alkyl halides is 3. The van der Waals surface area contributed by atoms with Crippen LogP contribution in [0, 0.1) is 29.0 Å². The Kier molecular flexibility index (Phi) is 9.98. The highest BCUT2D eigenvalue weighted by Gasteiger charge is 2.58. The summed E-state index contributed by atoms with van der Waals surface area (Å²) in [5.41, 5.74) is -0.454. The Bertz CT molecular complexity index is 1050. The predicted molar refractivity (Wildman–Crippen MR) is 145 cm³/mol. The van der Waals surface area contributed by atoms with Crippen molar-refractivity contribution in [2.24, 2.45) is 28.2 Å². The zero-order valence-corrected chi connectivity index (χ0v) is 24.4. The lowest BCUT2D eigenvalue weighted by atomic mass is 9.60. The highest BCUT2D eigenvalue weighted by molar-refractivity contribution is 6.30. The molecule has 0 spiro atoms. The summed E-state index contributed by atoms with van der Waals surface area (Å²) >= 11 is 5.78. The van der Waals surface area contributed by atoms with Crippen molar-refractivity contribution < 1.29 is 31.6 Å². The summed E-state index contributed by atoms with van der Waals surface area (Å²) in [7, 11) is 5.69. The SMILES string of the molecule is CCC1CC2CC(C(F)(F)F)CCC2(C)C(N=C(NC(=O)c2ccc(Cl)c(F)c2)NC(C)COC)[N+](C)(C)C1. The van der Waals surface area contributed by atoms with Crippen LogP contribution < -0.4 is 10.6 Å². The van der Waals surface area contributed by atoms with E-state index in [1.165, 1.54) is 12.1 Å². The second-order valence-corrected chi connectivity index (χ2v) is 12.5. The number of halogens is 5. The quantitative estimate of drug-likeness (QED) is 0.188. The number of nitrogens with one attached hydrogen (secondary N) is 2. The number of ether oxygens (including phenoxy) is 1. The van der Waals surface area contributed by atoms with Gasteiger partial charge in [0.05, 0.1) is 38.2 Å². The average Bonchev–Trinajstić information content (AvgIpc) is 2.91. The molecule has 6 atom stereocenters. The molecule has 6 nitrogen and oxygen atoms in total. The maximum Gasteiger partial charge on any atom is 0.391 e. The van der Waals surface area contributed by atoms with Gasteiger partial charge in [-0.1, -0.05) is 25.4 Å². The summed E-state index contributed by atoms with van der Waals surface area (Å²) in [5, 5.41) is 5.90. The van der Waals surface area contributed by atoms with E-state index in [4.69, 9.17) is 21.3 Å². The standard InChI is InChI=1S/C28H41ClF4N4O2/c1-7-18-12-21-14-20(28(31,32)33)10-11-27(21,3)25(37(4,5)15-18)36-26(34-17(2)16-39-6)35-24(38)19-8-9-22(29)23(30)13-19/h8-9,13,17-18,20-21,25H,7,10-12,14-16H2,1-6H3,(H-,34,35,36,38)/p+1. The van der Waals surface area contributed by atoms with Crippen molar-refractivity contribution in [2.45, 2.75) is 71.3 Å². The Balaban J connectivity index is 2.04. The van der Waals surface area contributed by atoms with Gasteiger partial charge in [0.15, 0.2) is 6.17 Å². The lowest BCUT2D eigenvalue weighted by Gasteiger charge is -2.50. The highest BCUT2D eigenvalue weighted by atomic mass is 35.5. The van der Waals surface area contributed by atoms with Crippen molar-refractivity contribution in [3.63, 3.8) is 0 Å². The van der Waals surface area contributed by atoms with Gasteiger partial charge in [-0.25, -0.2) is 4.39 Å². The van der Waals surface area contributed by atoms with Crippen molar-refractivity contribution in [1.82, 2.24) is 10.6 Å². The third-order valence-electron chi connectivity index (χ3n) is 8.64. The molecule has 1 heterocycles. The first-order chi connectivity index (χ1) is 18.1. The van der Waals surface area contributed by atoms with E-state index in [0.29, 0.717) is 23.9 Å². The Morgan fingerprint density at radius 1 is 1.31 bits per heavy atom. The molecule has 1 amide bonds. The van der Waals surface area contributed by atoms with Crippen molar-refractivity contribution in [1.29, 1.82) is 0 Å².